The lowest BCUT2D eigenvalue weighted by Gasteiger charge is -2.07. The van der Waals surface area contributed by atoms with Crippen molar-refractivity contribution in [3.63, 3.8) is 0 Å². The van der Waals surface area contributed by atoms with E-state index in [0.29, 0.717) is 5.69 Å². The summed E-state index contributed by atoms with van der Waals surface area (Å²) in [5, 5.41) is 10.9. The third-order valence-electron chi connectivity index (χ3n) is 2.56. The van der Waals surface area contributed by atoms with Crippen LogP contribution < -0.4 is 10.5 Å². The predicted octanol–water partition coefficient (Wildman–Crippen LogP) is 0.445. The smallest absolute Gasteiger partial charge is 0.291 e. The first-order valence-corrected chi connectivity index (χ1v) is 7.17. The Labute approximate surface area is 120 Å². The van der Waals surface area contributed by atoms with Crippen LogP contribution >= 0.6 is 0 Å². The van der Waals surface area contributed by atoms with Crippen LogP contribution in [0.3, 0.4) is 0 Å². The molecule has 0 aliphatic carbocycles. The number of nitrogen functional groups attached to an aromatic ring is 1. The van der Waals surface area contributed by atoms with Crippen LogP contribution in [0.5, 0.6) is 0 Å². The van der Waals surface area contributed by atoms with Gasteiger partial charge in [-0.3, -0.25) is 10.1 Å². The van der Waals surface area contributed by atoms with Gasteiger partial charge in [0.15, 0.2) is 4.90 Å². The van der Waals surface area contributed by atoms with Crippen LogP contribution in [0.2, 0.25) is 0 Å². The molecule has 0 bridgehead atoms. The van der Waals surface area contributed by atoms with Crippen molar-refractivity contribution in [1.82, 2.24) is 14.7 Å². The summed E-state index contributed by atoms with van der Waals surface area (Å²) in [5.74, 6) is 0. The summed E-state index contributed by atoms with van der Waals surface area (Å²) in [5.41, 5.74) is 5.40. The number of hydrogen-bond acceptors (Lipinski definition) is 7. The van der Waals surface area contributed by atoms with E-state index in [1.54, 1.807) is 0 Å². The second-order valence-electron chi connectivity index (χ2n) is 4.01. The molecule has 0 amide bonds. The molecule has 110 valence electrons. The Morgan fingerprint density at radius 3 is 2.71 bits per heavy atom. The molecule has 21 heavy (non-hydrogen) atoms. The fourth-order valence-corrected chi connectivity index (χ4v) is 2.72. The monoisotopic (exact) mass is 309 g/mol. The zero-order chi connectivity index (χ0) is 15.5. The molecule has 0 saturated carbocycles. The largest absolute Gasteiger partial charge is 0.399 e. The van der Waals surface area contributed by atoms with Gasteiger partial charge in [-0.05, 0) is 18.2 Å². The highest BCUT2D eigenvalue weighted by Gasteiger charge is 2.25. The van der Waals surface area contributed by atoms with Crippen molar-refractivity contribution in [3.8, 4) is 0 Å². The lowest BCUT2D eigenvalue weighted by Crippen LogP contribution is -2.24. The van der Waals surface area contributed by atoms with E-state index in [4.69, 9.17) is 5.73 Å². The molecule has 0 aliphatic heterocycles. The third kappa shape index (κ3) is 3.49. The summed E-state index contributed by atoms with van der Waals surface area (Å²) in [4.78, 5) is 17.2. The average molecular weight is 309 g/mol. The highest BCUT2D eigenvalue weighted by Crippen LogP contribution is 2.25. The second-order valence-corrected chi connectivity index (χ2v) is 5.74. The summed E-state index contributed by atoms with van der Waals surface area (Å²) in [6.07, 6.45) is 2.73. The SMILES string of the molecule is Nc1ccc(S(=O)(=O)NCc2ccncn2)c([N+](=O)[O-])c1. The third-order valence-corrected chi connectivity index (χ3v) is 4.00. The Hall–Kier alpha value is -2.59. The van der Waals surface area contributed by atoms with Crippen LogP contribution in [0.4, 0.5) is 11.4 Å². The molecule has 2 aromatic rings. The zero-order valence-electron chi connectivity index (χ0n) is 10.6. The number of rotatable bonds is 5. The summed E-state index contributed by atoms with van der Waals surface area (Å²) in [6.45, 7) is -0.105. The van der Waals surface area contributed by atoms with Crippen LogP contribution in [0.25, 0.3) is 0 Å². The Kier molecular flexibility index (Phi) is 4.10. The molecule has 2 rings (SSSR count). The number of nitro groups is 1. The Balaban J connectivity index is 2.30. The van der Waals surface area contributed by atoms with Crippen LogP contribution in [-0.2, 0) is 16.6 Å². The maximum Gasteiger partial charge on any atom is 0.291 e. The lowest BCUT2D eigenvalue weighted by molar-refractivity contribution is -0.387. The van der Waals surface area contributed by atoms with Crippen molar-refractivity contribution in [3.05, 3.63) is 52.6 Å². The first-order chi connectivity index (χ1) is 9.90. The van der Waals surface area contributed by atoms with Gasteiger partial charge in [0.2, 0.25) is 10.0 Å². The van der Waals surface area contributed by atoms with Gasteiger partial charge in [-0.25, -0.2) is 23.1 Å². The molecule has 0 atom stereocenters. The number of anilines is 1. The number of aromatic nitrogens is 2. The first-order valence-electron chi connectivity index (χ1n) is 5.68. The van der Waals surface area contributed by atoms with E-state index in [-0.39, 0.29) is 12.2 Å². The molecule has 0 spiro atoms. The zero-order valence-corrected chi connectivity index (χ0v) is 11.4. The number of benzene rings is 1. The maximum absolute atomic E-state index is 12.1. The molecular formula is C11H11N5O4S. The number of nitrogens with zero attached hydrogens (tertiary/aromatic N) is 3. The summed E-state index contributed by atoms with van der Waals surface area (Å²) >= 11 is 0. The van der Waals surface area contributed by atoms with E-state index in [2.05, 4.69) is 14.7 Å². The molecule has 0 aliphatic rings. The van der Waals surface area contributed by atoms with E-state index in [1.165, 1.54) is 24.7 Å². The molecule has 1 aromatic carbocycles. The minimum absolute atomic E-state index is 0.105. The second kappa shape index (κ2) is 5.81. The molecule has 9 nitrogen and oxygen atoms in total. The quantitative estimate of drug-likeness (QED) is 0.464. The average Bonchev–Trinajstić information content (AvgIpc) is 2.46. The standard InChI is InChI=1S/C11H11N5O4S/c12-8-1-2-11(10(5-8)16(17)18)21(19,20)15-6-9-3-4-13-7-14-9/h1-5,7,15H,6,12H2. The van der Waals surface area contributed by atoms with Gasteiger partial charge in [0.05, 0.1) is 17.2 Å². The summed E-state index contributed by atoms with van der Waals surface area (Å²) < 4.78 is 26.5. The number of hydrogen-bond donors (Lipinski definition) is 2. The van der Waals surface area contributed by atoms with Gasteiger partial charge in [-0.15, -0.1) is 0 Å². The van der Waals surface area contributed by atoms with Gasteiger partial charge in [0.25, 0.3) is 5.69 Å². The molecular weight excluding hydrogens is 298 g/mol. The number of nitrogens with two attached hydrogens (primary N) is 1. The summed E-state index contributed by atoms with van der Waals surface area (Å²) in [6, 6.07) is 4.90. The van der Waals surface area contributed by atoms with Gasteiger partial charge in [0, 0.05) is 18.0 Å². The van der Waals surface area contributed by atoms with Crippen LogP contribution in [0, 0.1) is 10.1 Å². The fourth-order valence-electron chi connectivity index (χ4n) is 1.57. The highest BCUT2D eigenvalue weighted by atomic mass is 32.2. The summed E-state index contributed by atoms with van der Waals surface area (Å²) in [7, 11) is -4.06. The highest BCUT2D eigenvalue weighted by molar-refractivity contribution is 7.89. The van der Waals surface area contributed by atoms with Crippen molar-refractivity contribution in [1.29, 1.82) is 0 Å². The van der Waals surface area contributed by atoms with Gasteiger partial charge < -0.3 is 5.73 Å². The maximum atomic E-state index is 12.1. The molecule has 1 heterocycles. The van der Waals surface area contributed by atoms with Crippen LogP contribution in [-0.4, -0.2) is 23.3 Å². The lowest BCUT2D eigenvalue weighted by atomic mass is 10.3. The molecule has 0 fully saturated rings. The number of nitrogens with one attached hydrogen (secondary N) is 1. The first kappa shape index (κ1) is 14.8. The minimum atomic E-state index is -4.06. The molecule has 0 saturated heterocycles. The van der Waals surface area contributed by atoms with Gasteiger partial charge in [-0.2, -0.15) is 0 Å². The van der Waals surface area contributed by atoms with E-state index >= 15 is 0 Å². The van der Waals surface area contributed by atoms with Crippen LogP contribution in [0.15, 0.2) is 41.7 Å². The van der Waals surface area contributed by atoms with Gasteiger partial charge in [-0.1, -0.05) is 0 Å². The normalized spacial score (nSPS) is 11.2. The minimum Gasteiger partial charge on any atom is -0.399 e. The fraction of sp³-hybridized carbons (Fsp3) is 0.0909. The van der Waals surface area contributed by atoms with E-state index in [1.807, 2.05) is 0 Å². The topological polar surface area (TPSA) is 141 Å². The van der Waals surface area contributed by atoms with E-state index in [9.17, 15) is 18.5 Å². The Bertz CT molecular complexity index is 763. The molecule has 1 aromatic heterocycles. The molecule has 10 heteroatoms. The van der Waals surface area contributed by atoms with Crippen molar-refractivity contribution >= 4 is 21.4 Å². The van der Waals surface area contributed by atoms with Gasteiger partial charge in [0.1, 0.15) is 6.33 Å². The molecule has 3 N–H and O–H groups in total. The Morgan fingerprint density at radius 1 is 1.33 bits per heavy atom. The van der Waals surface area contributed by atoms with Crippen molar-refractivity contribution in [2.75, 3.05) is 5.73 Å². The van der Waals surface area contributed by atoms with Gasteiger partial charge >= 0.3 is 0 Å². The van der Waals surface area contributed by atoms with Crippen molar-refractivity contribution in [2.24, 2.45) is 0 Å². The Morgan fingerprint density at radius 2 is 2.10 bits per heavy atom. The number of nitro benzene ring substituents is 1. The number of sulfonamides is 1. The van der Waals surface area contributed by atoms with Crippen molar-refractivity contribution < 1.29 is 13.3 Å². The van der Waals surface area contributed by atoms with Crippen molar-refractivity contribution in [2.45, 2.75) is 11.4 Å². The van der Waals surface area contributed by atoms with E-state index < -0.39 is 25.5 Å². The van der Waals surface area contributed by atoms with E-state index in [0.717, 1.165) is 12.1 Å². The molecule has 0 unspecified atom stereocenters. The predicted molar refractivity (Wildman–Crippen MR) is 73.6 cm³/mol. The van der Waals surface area contributed by atoms with Crippen LogP contribution in [0.1, 0.15) is 5.69 Å². The molecule has 0 radical (unpaired) electrons.